The van der Waals surface area contributed by atoms with Crippen LogP contribution in [0.25, 0.3) is 10.9 Å². The summed E-state index contributed by atoms with van der Waals surface area (Å²) in [5, 5.41) is 27.5. The van der Waals surface area contributed by atoms with Crippen LogP contribution in [0.2, 0.25) is 5.15 Å². The molecule has 0 atom stereocenters. The number of halogens is 1. The molecular formula is C18H16ClN5O4. The molecule has 2 aromatic carbocycles. The van der Waals surface area contributed by atoms with Crippen LogP contribution >= 0.6 is 11.6 Å². The number of hydrogen-bond acceptors (Lipinski definition) is 6. The van der Waals surface area contributed by atoms with Crippen LogP contribution in [0, 0.1) is 20.2 Å². The number of nitro benzene ring substituents is 2. The SMILES string of the molecule is CCCn1c(Cl)c(/C=N/Nc2ccc([N+](=O)[O-])cc2[N+](=O)[O-])c2ccccc21. The van der Waals surface area contributed by atoms with Crippen LogP contribution in [-0.2, 0) is 6.54 Å². The molecule has 0 spiro atoms. The van der Waals surface area contributed by atoms with Gasteiger partial charge in [0.2, 0.25) is 0 Å². The Hall–Kier alpha value is -3.46. The third kappa shape index (κ3) is 3.65. The monoisotopic (exact) mass is 401 g/mol. The Morgan fingerprint density at radius 3 is 2.61 bits per heavy atom. The molecule has 0 aliphatic carbocycles. The molecule has 0 aliphatic heterocycles. The van der Waals surface area contributed by atoms with Crippen LogP contribution in [0.5, 0.6) is 0 Å². The summed E-state index contributed by atoms with van der Waals surface area (Å²) in [5.74, 6) is 0. The highest BCUT2D eigenvalue weighted by Crippen LogP contribution is 2.31. The molecule has 0 bridgehead atoms. The highest BCUT2D eigenvalue weighted by Gasteiger charge is 2.19. The Morgan fingerprint density at radius 1 is 1.18 bits per heavy atom. The molecule has 3 rings (SSSR count). The quantitative estimate of drug-likeness (QED) is 0.341. The molecule has 3 aromatic rings. The fraction of sp³-hybridized carbons (Fsp3) is 0.167. The summed E-state index contributed by atoms with van der Waals surface area (Å²) >= 11 is 6.51. The number of non-ortho nitro benzene ring substituents is 1. The molecule has 9 nitrogen and oxygen atoms in total. The van der Waals surface area contributed by atoms with E-state index in [4.69, 9.17) is 11.6 Å². The second-order valence-corrected chi connectivity index (χ2v) is 6.32. The molecule has 1 aromatic heterocycles. The molecule has 0 saturated carbocycles. The van der Waals surface area contributed by atoms with Crippen molar-refractivity contribution < 1.29 is 9.85 Å². The largest absolute Gasteiger partial charge is 0.331 e. The van der Waals surface area contributed by atoms with E-state index in [-0.39, 0.29) is 11.4 Å². The maximum Gasteiger partial charge on any atom is 0.301 e. The third-order valence-corrected chi connectivity index (χ3v) is 4.57. The van der Waals surface area contributed by atoms with Gasteiger partial charge in [-0.25, -0.2) is 0 Å². The summed E-state index contributed by atoms with van der Waals surface area (Å²) in [5.41, 5.74) is 3.47. The number of para-hydroxylation sites is 1. The van der Waals surface area contributed by atoms with Crippen molar-refractivity contribution in [3.05, 3.63) is 73.4 Å². The third-order valence-electron chi connectivity index (χ3n) is 4.16. The zero-order valence-corrected chi connectivity index (χ0v) is 15.6. The van der Waals surface area contributed by atoms with E-state index in [9.17, 15) is 20.2 Å². The van der Waals surface area contributed by atoms with Gasteiger partial charge in [0.1, 0.15) is 10.8 Å². The van der Waals surface area contributed by atoms with Crippen molar-refractivity contribution in [1.82, 2.24) is 4.57 Å². The maximum absolute atomic E-state index is 11.2. The lowest BCUT2D eigenvalue weighted by atomic mass is 10.2. The molecule has 28 heavy (non-hydrogen) atoms. The molecule has 1 N–H and O–H groups in total. The van der Waals surface area contributed by atoms with Gasteiger partial charge in [-0.3, -0.25) is 25.7 Å². The van der Waals surface area contributed by atoms with Gasteiger partial charge in [-0.05, 0) is 18.6 Å². The smallest absolute Gasteiger partial charge is 0.301 e. The van der Waals surface area contributed by atoms with E-state index in [1.807, 2.05) is 35.8 Å². The van der Waals surface area contributed by atoms with Gasteiger partial charge in [0, 0.05) is 29.1 Å². The minimum Gasteiger partial charge on any atom is -0.331 e. The number of benzene rings is 2. The van der Waals surface area contributed by atoms with E-state index in [0.29, 0.717) is 10.7 Å². The number of aryl methyl sites for hydroxylation is 1. The molecular weight excluding hydrogens is 386 g/mol. The summed E-state index contributed by atoms with van der Waals surface area (Å²) in [6.45, 7) is 2.79. The minimum absolute atomic E-state index is 0.0419. The van der Waals surface area contributed by atoms with E-state index in [1.165, 1.54) is 18.3 Å². The lowest BCUT2D eigenvalue weighted by Crippen LogP contribution is -1.99. The normalized spacial score (nSPS) is 11.2. The van der Waals surface area contributed by atoms with Crippen LogP contribution < -0.4 is 5.43 Å². The van der Waals surface area contributed by atoms with Gasteiger partial charge in [0.15, 0.2) is 0 Å². The van der Waals surface area contributed by atoms with Crippen LogP contribution in [0.4, 0.5) is 17.1 Å². The van der Waals surface area contributed by atoms with Crippen LogP contribution in [0.15, 0.2) is 47.6 Å². The van der Waals surface area contributed by atoms with E-state index in [2.05, 4.69) is 10.5 Å². The van der Waals surface area contributed by atoms with Crippen molar-refractivity contribution in [2.45, 2.75) is 19.9 Å². The zero-order valence-electron chi connectivity index (χ0n) is 14.8. The van der Waals surface area contributed by atoms with Gasteiger partial charge in [0.25, 0.3) is 5.69 Å². The van der Waals surface area contributed by atoms with Gasteiger partial charge < -0.3 is 4.57 Å². The fourth-order valence-corrected chi connectivity index (χ4v) is 3.24. The van der Waals surface area contributed by atoms with Crippen molar-refractivity contribution >= 4 is 45.8 Å². The van der Waals surface area contributed by atoms with Crippen LogP contribution in [0.1, 0.15) is 18.9 Å². The summed E-state index contributed by atoms with van der Waals surface area (Å²) < 4.78 is 1.98. The average molecular weight is 402 g/mol. The molecule has 0 aliphatic rings. The van der Waals surface area contributed by atoms with Crippen LogP contribution in [-0.4, -0.2) is 20.6 Å². The number of anilines is 1. The first-order chi connectivity index (χ1) is 13.4. The number of nitro groups is 2. The molecule has 0 unspecified atom stereocenters. The first-order valence-electron chi connectivity index (χ1n) is 8.42. The number of nitrogens with one attached hydrogen (secondary N) is 1. The van der Waals surface area contributed by atoms with Gasteiger partial charge in [-0.1, -0.05) is 36.7 Å². The lowest BCUT2D eigenvalue weighted by molar-refractivity contribution is -0.393. The molecule has 0 amide bonds. The molecule has 0 fully saturated rings. The van der Waals surface area contributed by atoms with E-state index >= 15 is 0 Å². The Balaban J connectivity index is 1.95. The predicted molar refractivity (Wildman–Crippen MR) is 108 cm³/mol. The second-order valence-electron chi connectivity index (χ2n) is 5.96. The summed E-state index contributed by atoms with van der Waals surface area (Å²) in [6.07, 6.45) is 2.39. The summed E-state index contributed by atoms with van der Waals surface area (Å²) in [4.78, 5) is 20.6. The average Bonchev–Trinajstić information content (AvgIpc) is 2.94. The summed E-state index contributed by atoms with van der Waals surface area (Å²) in [6, 6.07) is 11.0. The number of aromatic nitrogens is 1. The highest BCUT2D eigenvalue weighted by atomic mass is 35.5. The molecule has 0 radical (unpaired) electrons. The Morgan fingerprint density at radius 2 is 1.93 bits per heavy atom. The first kappa shape index (κ1) is 19.3. The molecule has 10 heteroatoms. The number of hydrazone groups is 1. The number of nitrogens with zero attached hydrogens (tertiary/aromatic N) is 4. The van der Waals surface area contributed by atoms with Crippen molar-refractivity contribution in [2.75, 3.05) is 5.43 Å². The van der Waals surface area contributed by atoms with Gasteiger partial charge in [0.05, 0.1) is 22.1 Å². The number of hydrogen-bond donors (Lipinski definition) is 1. The van der Waals surface area contributed by atoms with Crippen molar-refractivity contribution in [1.29, 1.82) is 0 Å². The second kappa shape index (κ2) is 8.05. The van der Waals surface area contributed by atoms with Gasteiger partial charge in [-0.15, -0.1) is 0 Å². The van der Waals surface area contributed by atoms with Gasteiger partial charge in [-0.2, -0.15) is 5.10 Å². The van der Waals surface area contributed by atoms with Crippen molar-refractivity contribution in [2.24, 2.45) is 5.10 Å². The Bertz CT molecular complexity index is 1090. The first-order valence-corrected chi connectivity index (χ1v) is 8.80. The minimum atomic E-state index is -0.703. The zero-order chi connectivity index (χ0) is 20.3. The summed E-state index contributed by atoms with van der Waals surface area (Å²) in [7, 11) is 0. The van der Waals surface area contributed by atoms with E-state index in [1.54, 1.807) is 0 Å². The lowest BCUT2D eigenvalue weighted by Gasteiger charge is -2.04. The van der Waals surface area contributed by atoms with Crippen LogP contribution in [0.3, 0.4) is 0 Å². The van der Waals surface area contributed by atoms with Crippen molar-refractivity contribution in [3.63, 3.8) is 0 Å². The van der Waals surface area contributed by atoms with Gasteiger partial charge >= 0.3 is 5.69 Å². The fourth-order valence-electron chi connectivity index (χ4n) is 2.91. The maximum atomic E-state index is 11.2. The Labute approximate surface area is 164 Å². The Kier molecular flexibility index (Phi) is 5.55. The van der Waals surface area contributed by atoms with E-state index in [0.717, 1.165) is 29.9 Å². The standard InChI is InChI=1S/C18H16ClN5O4/c1-2-9-22-16-6-4-3-5-13(16)14(18(22)19)11-20-21-15-8-7-12(23(25)26)10-17(15)24(27)28/h3-8,10-11,21H,2,9H2,1H3/b20-11+. The van der Waals surface area contributed by atoms with E-state index < -0.39 is 15.5 Å². The predicted octanol–water partition coefficient (Wildman–Crippen LogP) is 4.97. The highest BCUT2D eigenvalue weighted by molar-refractivity contribution is 6.34. The molecule has 144 valence electrons. The topological polar surface area (TPSA) is 116 Å². The molecule has 1 heterocycles. The molecule has 0 saturated heterocycles. The van der Waals surface area contributed by atoms with Crippen molar-refractivity contribution in [3.8, 4) is 0 Å². The number of rotatable bonds is 7. The number of fused-ring (bicyclic) bond motifs is 1.